The predicted octanol–water partition coefficient (Wildman–Crippen LogP) is 1.60. The number of aryl methyl sites for hydroxylation is 4. The second kappa shape index (κ2) is 11.0. The minimum atomic E-state index is -0.293. The lowest BCUT2D eigenvalue weighted by Gasteiger charge is -1.95. The molecule has 134 valence electrons. The minimum Gasteiger partial charge on any atom is -0.469 e. The number of esters is 1. The molecule has 0 aliphatic carbocycles. The standard InChI is InChI=1S/C8H12N2O2.C7H11N3O.CH4/c1-6-5-9-7(10-6)3-4-8(11)12-2;1-5-4-9-7(10-5)3-2-6(8)11;/h5H,3-4H2,1-2H3,(H,9,10);4H,2-3H2,1H3,(H2,8,11)(H,9,10);1H4. The summed E-state index contributed by atoms with van der Waals surface area (Å²) >= 11 is 0. The summed E-state index contributed by atoms with van der Waals surface area (Å²) < 4.78 is 4.50. The van der Waals surface area contributed by atoms with Crippen molar-refractivity contribution in [1.29, 1.82) is 0 Å². The van der Waals surface area contributed by atoms with Crippen molar-refractivity contribution in [1.82, 2.24) is 19.9 Å². The van der Waals surface area contributed by atoms with E-state index in [9.17, 15) is 9.59 Å². The van der Waals surface area contributed by atoms with Gasteiger partial charge in [-0.1, -0.05) is 7.43 Å². The van der Waals surface area contributed by atoms with Crippen molar-refractivity contribution in [2.24, 2.45) is 5.73 Å². The van der Waals surface area contributed by atoms with Crippen LogP contribution in [0.1, 0.15) is 43.3 Å². The highest BCUT2D eigenvalue weighted by Gasteiger charge is 2.03. The van der Waals surface area contributed by atoms with E-state index in [0.717, 1.165) is 23.0 Å². The van der Waals surface area contributed by atoms with Crippen LogP contribution in [0, 0.1) is 13.8 Å². The Labute approximate surface area is 142 Å². The molecule has 4 N–H and O–H groups in total. The Morgan fingerprint density at radius 3 is 1.83 bits per heavy atom. The second-order valence-electron chi connectivity index (χ2n) is 5.07. The van der Waals surface area contributed by atoms with Crippen molar-refractivity contribution >= 4 is 11.9 Å². The van der Waals surface area contributed by atoms with E-state index in [1.165, 1.54) is 7.11 Å². The molecule has 2 heterocycles. The van der Waals surface area contributed by atoms with Crippen LogP contribution in [-0.4, -0.2) is 38.9 Å². The van der Waals surface area contributed by atoms with Gasteiger partial charge in [0.25, 0.3) is 0 Å². The van der Waals surface area contributed by atoms with Gasteiger partial charge in [0, 0.05) is 43.0 Å². The molecule has 0 aromatic carbocycles. The lowest BCUT2D eigenvalue weighted by molar-refractivity contribution is -0.140. The van der Waals surface area contributed by atoms with Crippen molar-refractivity contribution in [2.45, 2.75) is 47.0 Å². The van der Waals surface area contributed by atoms with Crippen LogP contribution in [0.15, 0.2) is 12.4 Å². The highest BCUT2D eigenvalue weighted by molar-refractivity contribution is 5.73. The Bertz CT molecular complexity index is 633. The zero-order valence-electron chi connectivity index (χ0n) is 13.7. The summed E-state index contributed by atoms with van der Waals surface area (Å²) in [7, 11) is 1.38. The number of hydrogen-bond donors (Lipinski definition) is 3. The van der Waals surface area contributed by atoms with Crippen LogP contribution in [-0.2, 0) is 27.2 Å². The van der Waals surface area contributed by atoms with E-state index in [0.29, 0.717) is 25.7 Å². The summed E-state index contributed by atoms with van der Waals surface area (Å²) in [6, 6.07) is 0. The normalized spacial score (nSPS) is 9.46. The average Bonchev–Trinajstić information content (AvgIpc) is 3.11. The maximum Gasteiger partial charge on any atom is 0.305 e. The third-order valence-corrected chi connectivity index (χ3v) is 2.91. The molecule has 0 saturated carbocycles. The van der Waals surface area contributed by atoms with Gasteiger partial charge >= 0.3 is 5.97 Å². The van der Waals surface area contributed by atoms with Gasteiger partial charge in [-0.25, -0.2) is 9.97 Å². The van der Waals surface area contributed by atoms with Gasteiger partial charge in [-0.15, -0.1) is 0 Å². The number of methoxy groups -OCH3 is 1. The Hall–Kier alpha value is -2.64. The molecule has 0 unspecified atom stereocenters. The second-order valence-corrected chi connectivity index (χ2v) is 5.07. The molecule has 2 aromatic heterocycles. The van der Waals surface area contributed by atoms with Crippen molar-refractivity contribution in [3.05, 3.63) is 35.4 Å². The first-order chi connectivity index (χ1) is 10.9. The number of amides is 1. The number of imidazole rings is 2. The van der Waals surface area contributed by atoms with E-state index < -0.39 is 0 Å². The summed E-state index contributed by atoms with van der Waals surface area (Å²) in [6.45, 7) is 3.84. The van der Waals surface area contributed by atoms with Crippen LogP contribution in [0.4, 0.5) is 0 Å². The van der Waals surface area contributed by atoms with Gasteiger partial charge in [0.05, 0.1) is 13.5 Å². The van der Waals surface area contributed by atoms with Gasteiger partial charge in [-0.05, 0) is 13.8 Å². The number of nitrogens with zero attached hydrogens (tertiary/aromatic N) is 2. The molecule has 8 heteroatoms. The molecule has 8 nitrogen and oxygen atoms in total. The van der Waals surface area contributed by atoms with E-state index in [1.807, 2.05) is 13.8 Å². The molecule has 2 aromatic rings. The number of primary amides is 1. The third kappa shape index (κ3) is 8.72. The van der Waals surface area contributed by atoms with Gasteiger partial charge in [0.1, 0.15) is 11.6 Å². The molecule has 0 fully saturated rings. The Morgan fingerprint density at radius 2 is 1.50 bits per heavy atom. The van der Waals surface area contributed by atoms with Crippen LogP contribution < -0.4 is 5.73 Å². The smallest absolute Gasteiger partial charge is 0.305 e. The number of nitrogens with two attached hydrogens (primary N) is 1. The molecule has 0 bridgehead atoms. The number of H-pyrrole nitrogens is 2. The number of aromatic amines is 2. The van der Waals surface area contributed by atoms with Crippen molar-refractivity contribution in [2.75, 3.05) is 7.11 Å². The molecule has 1 amide bonds. The molecule has 24 heavy (non-hydrogen) atoms. The number of ether oxygens (including phenoxy) is 1. The Balaban J connectivity index is 0.000000425. The van der Waals surface area contributed by atoms with Crippen LogP contribution in [0.2, 0.25) is 0 Å². The predicted molar refractivity (Wildman–Crippen MR) is 91.2 cm³/mol. The van der Waals surface area contributed by atoms with Crippen molar-refractivity contribution in [3.8, 4) is 0 Å². The number of carbonyl (C=O) groups is 2. The lowest BCUT2D eigenvalue weighted by Crippen LogP contribution is -2.11. The lowest BCUT2D eigenvalue weighted by atomic mass is 10.3. The maximum atomic E-state index is 10.7. The number of carbonyl (C=O) groups excluding carboxylic acids is 2. The number of hydrogen-bond acceptors (Lipinski definition) is 5. The van der Waals surface area contributed by atoms with Crippen molar-refractivity contribution in [3.63, 3.8) is 0 Å². The van der Waals surface area contributed by atoms with Gasteiger partial charge in [-0.3, -0.25) is 9.59 Å². The molecular weight excluding hydrogens is 310 g/mol. The molecule has 0 aliphatic rings. The first-order valence-electron chi connectivity index (χ1n) is 7.26. The molecular formula is C16H27N5O3. The largest absolute Gasteiger partial charge is 0.469 e. The summed E-state index contributed by atoms with van der Waals surface area (Å²) in [5, 5.41) is 0. The van der Waals surface area contributed by atoms with E-state index in [1.54, 1.807) is 12.4 Å². The highest BCUT2D eigenvalue weighted by Crippen LogP contribution is 1.99. The van der Waals surface area contributed by atoms with Crippen LogP contribution >= 0.6 is 0 Å². The first kappa shape index (κ1) is 21.4. The fraction of sp³-hybridized carbons (Fsp3) is 0.500. The van der Waals surface area contributed by atoms with E-state index in [4.69, 9.17) is 5.73 Å². The summed E-state index contributed by atoms with van der Waals surface area (Å²) in [5.41, 5.74) is 6.98. The van der Waals surface area contributed by atoms with Crippen LogP contribution in [0.25, 0.3) is 0 Å². The zero-order chi connectivity index (χ0) is 17.2. The summed E-state index contributed by atoms with van der Waals surface area (Å²) in [6.07, 6.45) is 5.42. The van der Waals surface area contributed by atoms with Crippen LogP contribution in [0.3, 0.4) is 0 Å². The van der Waals surface area contributed by atoms with E-state index in [-0.39, 0.29) is 19.3 Å². The summed E-state index contributed by atoms with van der Waals surface area (Å²) in [5.74, 6) is 1.15. The maximum absolute atomic E-state index is 10.7. The number of nitrogens with one attached hydrogen (secondary N) is 2. The quantitative estimate of drug-likeness (QED) is 0.690. The van der Waals surface area contributed by atoms with Crippen molar-refractivity contribution < 1.29 is 14.3 Å². The molecule has 2 rings (SSSR count). The van der Waals surface area contributed by atoms with Crippen LogP contribution in [0.5, 0.6) is 0 Å². The molecule has 0 atom stereocenters. The monoisotopic (exact) mass is 337 g/mol. The third-order valence-electron chi connectivity index (χ3n) is 2.91. The van der Waals surface area contributed by atoms with Gasteiger partial charge < -0.3 is 20.4 Å². The topological polar surface area (TPSA) is 127 Å². The highest BCUT2D eigenvalue weighted by atomic mass is 16.5. The first-order valence-corrected chi connectivity index (χ1v) is 7.26. The Morgan fingerprint density at radius 1 is 1.04 bits per heavy atom. The summed E-state index contributed by atoms with van der Waals surface area (Å²) in [4.78, 5) is 35.2. The number of aromatic nitrogens is 4. The molecule has 0 radical (unpaired) electrons. The van der Waals surface area contributed by atoms with Gasteiger partial charge in [0.2, 0.25) is 5.91 Å². The average molecular weight is 337 g/mol. The zero-order valence-corrected chi connectivity index (χ0v) is 13.7. The molecule has 0 aliphatic heterocycles. The molecule has 0 saturated heterocycles. The molecule has 0 spiro atoms. The Kier molecular flexibility index (Phi) is 9.77. The van der Waals surface area contributed by atoms with Gasteiger partial charge in [0.15, 0.2) is 0 Å². The minimum absolute atomic E-state index is 0. The van der Waals surface area contributed by atoms with E-state index >= 15 is 0 Å². The fourth-order valence-electron chi connectivity index (χ4n) is 1.75. The fourth-order valence-corrected chi connectivity index (χ4v) is 1.75. The van der Waals surface area contributed by atoms with E-state index in [2.05, 4.69) is 24.7 Å². The van der Waals surface area contributed by atoms with Gasteiger partial charge in [-0.2, -0.15) is 0 Å². The SMILES string of the molecule is C.COC(=O)CCc1ncc(C)[nH]1.Cc1cnc(CCC(N)=O)[nH]1. The number of rotatable bonds is 6.